The van der Waals surface area contributed by atoms with Crippen LogP contribution in [-0.2, 0) is 9.47 Å². The zero-order valence-corrected chi connectivity index (χ0v) is 21.6. The van der Waals surface area contributed by atoms with Crippen LogP contribution in [-0.4, -0.2) is 63.0 Å². The highest BCUT2D eigenvalue weighted by Gasteiger charge is 2.32. The molecule has 35 heavy (non-hydrogen) atoms. The molecule has 1 aliphatic heterocycles. The lowest BCUT2D eigenvalue weighted by Crippen LogP contribution is -2.51. The largest absolute Gasteiger partial charge is 0.453 e. The maximum Gasteiger partial charge on any atom is 0.406 e. The number of carbonyl (C=O) groups is 2. The molecule has 0 spiro atoms. The Balaban J connectivity index is 1.60. The first kappa shape index (κ1) is 27.6. The second kappa shape index (κ2) is 14.5. The summed E-state index contributed by atoms with van der Waals surface area (Å²) >= 11 is 6.27. The lowest BCUT2D eigenvalue weighted by molar-refractivity contribution is -0.00863. The first-order valence-corrected chi connectivity index (χ1v) is 13.3. The minimum Gasteiger partial charge on any atom is -0.453 e. The number of hydrogen-bond acceptors (Lipinski definition) is 5. The van der Waals surface area contributed by atoms with Gasteiger partial charge < -0.3 is 30.7 Å². The minimum absolute atomic E-state index is 0.00958. The number of nitrogens with zero attached hydrogens (tertiary/aromatic N) is 1. The second-order valence-corrected chi connectivity index (χ2v) is 10.2. The molecule has 1 heterocycles. The molecule has 1 aromatic rings. The SMILES string of the molecule is COC(=O)NCCOC(c1cccc(Cl)c1)[C@@H]1CCCN(C(=O)N[C@H](CN)CC2CCCCC2)C1. The molecule has 0 aromatic heterocycles. The first-order chi connectivity index (χ1) is 17.0. The van der Waals surface area contributed by atoms with Gasteiger partial charge in [0.15, 0.2) is 0 Å². The van der Waals surface area contributed by atoms with Gasteiger partial charge in [-0.1, -0.05) is 55.8 Å². The molecular formula is C26H41ClN4O4. The molecule has 1 aliphatic carbocycles. The Morgan fingerprint density at radius 3 is 2.71 bits per heavy atom. The topological polar surface area (TPSA) is 106 Å². The van der Waals surface area contributed by atoms with Crippen LogP contribution in [0, 0.1) is 11.8 Å². The molecule has 196 valence electrons. The van der Waals surface area contributed by atoms with Gasteiger partial charge in [0.2, 0.25) is 0 Å². The molecule has 1 aromatic carbocycles. The number of nitrogens with one attached hydrogen (secondary N) is 2. The number of alkyl carbamates (subject to hydrolysis) is 1. The van der Waals surface area contributed by atoms with E-state index in [4.69, 9.17) is 22.1 Å². The van der Waals surface area contributed by atoms with Gasteiger partial charge in [-0.3, -0.25) is 0 Å². The molecule has 3 rings (SSSR count). The molecule has 1 saturated heterocycles. The van der Waals surface area contributed by atoms with Crippen molar-refractivity contribution in [3.05, 3.63) is 34.9 Å². The van der Waals surface area contributed by atoms with Gasteiger partial charge in [-0.05, 0) is 42.9 Å². The van der Waals surface area contributed by atoms with E-state index in [1.807, 2.05) is 29.2 Å². The number of rotatable bonds is 10. The number of likely N-dealkylation sites (tertiary alicyclic amines) is 1. The monoisotopic (exact) mass is 508 g/mol. The molecule has 9 heteroatoms. The molecule has 2 fully saturated rings. The van der Waals surface area contributed by atoms with Crippen molar-refractivity contribution in [1.29, 1.82) is 0 Å². The van der Waals surface area contributed by atoms with E-state index in [1.165, 1.54) is 39.2 Å². The highest BCUT2D eigenvalue weighted by molar-refractivity contribution is 6.30. The van der Waals surface area contributed by atoms with Crippen molar-refractivity contribution in [3.63, 3.8) is 0 Å². The number of piperidine rings is 1. The summed E-state index contributed by atoms with van der Waals surface area (Å²) in [5.41, 5.74) is 7.00. The van der Waals surface area contributed by atoms with Crippen molar-refractivity contribution < 1.29 is 19.1 Å². The fourth-order valence-electron chi connectivity index (χ4n) is 5.35. The minimum atomic E-state index is -0.490. The summed E-state index contributed by atoms with van der Waals surface area (Å²) in [5, 5.41) is 6.49. The molecule has 2 aliphatic rings. The van der Waals surface area contributed by atoms with Gasteiger partial charge in [-0.2, -0.15) is 0 Å². The van der Waals surface area contributed by atoms with Gasteiger partial charge >= 0.3 is 12.1 Å². The van der Waals surface area contributed by atoms with E-state index in [-0.39, 0.29) is 24.1 Å². The predicted molar refractivity (Wildman–Crippen MR) is 137 cm³/mol. The van der Waals surface area contributed by atoms with E-state index in [2.05, 4.69) is 15.4 Å². The van der Waals surface area contributed by atoms with E-state index in [1.54, 1.807) is 0 Å². The van der Waals surface area contributed by atoms with Crippen molar-refractivity contribution in [1.82, 2.24) is 15.5 Å². The normalized spacial score (nSPS) is 20.7. The van der Waals surface area contributed by atoms with Crippen LogP contribution in [0.4, 0.5) is 9.59 Å². The summed E-state index contributed by atoms with van der Waals surface area (Å²) in [5.74, 6) is 0.770. The third-order valence-corrected chi connectivity index (χ3v) is 7.39. The molecule has 3 atom stereocenters. The van der Waals surface area contributed by atoms with Gasteiger partial charge in [0.25, 0.3) is 0 Å². The molecular weight excluding hydrogens is 468 g/mol. The number of benzene rings is 1. The summed E-state index contributed by atoms with van der Waals surface area (Å²) in [7, 11) is 1.33. The molecule has 0 bridgehead atoms. The van der Waals surface area contributed by atoms with E-state index in [9.17, 15) is 9.59 Å². The fraction of sp³-hybridized carbons (Fsp3) is 0.692. The Morgan fingerprint density at radius 2 is 2.00 bits per heavy atom. The van der Waals surface area contributed by atoms with Crippen LogP contribution >= 0.6 is 11.6 Å². The number of nitrogens with two attached hydrogens (primary N) is 1. The van der Waals surface area contributed by atoms with Crippen molar-refractivity contribution in [2.45, 2.75) is 63.5 Å². The Hall–Kier alpha value is -2.03. The quantitative estimate of drug-likeness (QED) is 0.404. The molecule has 3 amide bonds. The number of halogens is 1. The van der Waals surface area contributed by atoms with Crippen LogP contribution in [0.5, 0.6) is 0 Å². The van der Waals surface area contributed by atoms with Crippen molar-refractivity contribution in [3.8, 4) is 0 Å². The average molecular weight is 509 g/mol. The molecule has 0 radical (unpaired) electrons. The highest BCUT2D eigenvalue weighted by Crippen LogP contribution is 2.34. The van der Waals surface area contributed by atoms with Crippen molar-refractivity contribution in [2.24, 2.45) is 17.6 Å². The van der Waals surface area contributed by atoms with Gasteiger partial charge in [0.1, 0.15) is 0 Å². The van der Waals surface area contributed by atoms with Crippen LogP contribution in [0.3, 0.4) is 0 Å². The summed E-state index contributed by atoms with van der Waals surface area (Å²) in [6, 6.07) is 7.62. The van der Waals surface area contributed by atoms with Gasteiger partial charge in [-0.15, -0.1) is 0 Å². The smallest absolute Gasteiger partial charge is 0.406 e. The Bertz CT molecular complexity index is 805. The maximum atomic E-state index is 13.2. The van der Waals surface area contributed by atoms with E-state index >= 15 is 0 Å². The zero-order valence-electron chi connectivity index (χ0n) is 20.8. The zero-order chi connectivity index (χ0) is 25.0. The maximum absolute atomic E-state index is 13.2. The van der Waals surface area contributed by atoms with Crippen LogP contribution in [0.15, 0.2) is 24.3 Å². The average Bonchev–Trinajstić information content (AvgIpc) is 2.88. The predicted octanol–water partition coefficient (Wildman–Crippen LogP) is 4.47. The van der Waals surface area contributed by atoms with Crippen molar-refractivity contribution in [2.75, 3.05) is 39.9 Å². The van der Waals surface area contributed by atoms with Crippen LogP contribution in [0.2, 0.25) is 5.02 Å². The standard InChI is InChI=1S/C26H41ClN4O4/c1-34-26(33)29-12-14-35-24(20-9-5-11-22(27)16-20)21-10-6-13-31(18-21)25(32)30-23(17-28)15-19-7-3-2-4-8-19/h5,9,11,16,19,21,23-24H,2-4,6-8,10,12-15,17-18,28H2,1H3,(H,29,33)(H,30,32)/t21-,23+,24?/m1/s1. The fourth-order valence-corrected chi connectivity index (χ4v) is 5.54. The number of ether oxygens (including phenoxy) is 2. The Kier molecular flexibility index (Phi) is 11.4. The third-order valence-electron chi connectivity index (χ3n) is 7.16. The van der Waals surface area contributed by atoms with E-state index in [0.29, 0.717) is 37.2 Å². The number of methoxy groups -OCH3 is 1. The highest BCUT2D eigenvalue weighted by atomic mass is 35.5. The Morgan fingerprint density at radius 1 is 1.20 bits per heavy atom. The van der Waals surface area contributed by atoms with Gasteiger partial charge in [0, 0.05) is 43.2 Å². The third kappa shape index (κ3) is 8.85. The summed E-state index contributed by atoms with van der Waals surface area (Å²) in [6.07, 6.45) is 8.42. The lowest BCUT2D eigenvalue weighted by atomic mass is 9.85. The number of amides is 3. The Labute approximate surface area is 214 Å². The summed E-state index contributed by atoms with van der Waals surface area (Å²) < 4.78 is 10.9. The van der Waals surface area contributed by atoms with E-state index < -0.39 is 6.09 Å². The van der Waals surface area contributed by atoms with E-state index in [0.717, 1.165) is 31.4 Å². The lowest BCUT2D eigenvalue weighted by Gasteiger charge is -2.38. The number of urea groups is 1. The van der Waals surface area contributed by atoms with Gasteiger partial charge in [-0.25, -0.2) is 9.59 Å². The summed E-state index contributed by atoms with van der Waals surface area (Å²) in [4.78, 5) is 26.4. The molecule has 1 unspecified atom stereocenters. The van der Waals surface area contributed by atoms with Crippen LogP contribution < -0.4 is 16.4 Å². The first-order valence-electron chi connectivity index (χ1n) is 12.9. The molecule has 1 saturated carbocycles. The van der Waals surface area contributed by atoms with Crippen LogP contribution in [0.25, 0.3) is 0 Å². The number of carbonyl (C=O) groups excluding carboxylic acids is 2. The van der Waals surface area contributed by atoms with Crippen LogP contribution in [0.1, 0.15) is 63.0 Å². The summed E-state index contributed by atoms with van der Waals surface area (Å²) in [6.45, 7) is 2.43. The second-order valence-electron chi connectivity index (χ2n) is 9.73. The number of hydrogen-bond donors (Lipinski definition) is 3. The van der Waals surface area contributed by atoms with Crippen molar-refractivity contribution >= 4 is 23.7 Å². The molecule has 4 N–H and O–H groups in total. The molecule has 8 nitrogen and oxygen atoms in total. The van der Waals surface area contributed by atoms with Gasteiger partial charge in [0.05, 0.1) is 19.8 Å².